The van der Waals surface area contributed by atoms with Crippen LogP contribution in [0.5, 0.6) is 0 Å². The van der Waals surface area contributed by atoms with Crippen LogP contribution in [0.3, 0.4) is 0 Å². The lowest BCUT2D eigenvalue weighted by Crippen LogP contribution is -2.05. The summed E-state index contributed by atoms with van der Waals surface area (Å²) in [4.78, 5) is 10.8. The number of carbonyl (C=O) groups is 1. The Kier molecular flexibility index (Phi) is 2.93. The van der Waals surface area contributed by atoms with Crippen LogP contribution in [-0.4, -0.2) is 26.7 Å². The number of aryl methyl sites for hydroxylation is 2. The fourth-order valence-electron chi connectivity index (χ4n) is 1.30. The predicted octanol–water partition coefficient (Wildman–Crippen LogP) is 1.44. The molecule has 0 bridgehead atoms. The molecule has 0 unspecified atom stereocenters. The minimum atomic E-state index is -0.934. The third kappa shape index (κ3) is 1.83. The average Bonchev–Trinajstić information content (AvgIpc) is 2.28. The highest BCUT2D eigenvalue weighted by molar-refractivity contribution is 6.17. The quantitative estimate of drug-likeness (QED) is 0.755. The van der Waals surface area contributed by atoms with Gasteiger partial charge in [0.1, 0.15) is 5.56 Å². The molecule has 1 rings (SSSR count). The van der Waals surface area contributed by atoms with Crippen molar-refractivity contribution in [2.45, 2.75) is 20.4 Å². The van der Waals surface area contributed by atoms with Gasteiger partial charge in [-0.25, -0.2) is 4.79 Å². The van der Waals surface area contributed by atoms with Crippen LogP contribution in [0.15, 0.2) is 0 Å². The van der Waals surface area contributed by atoms with Crippen LogP contribution in [0.4, 0.5) is 0 Å². The summed E-state index contributed by atoms with van der Waals surface area (Å²) < 4.78 is 1.62. The molecule has 13 heavy (non-hydrogen) atoms. The van der Waals surface area contributed by atoms with Crippen molar-refractivity contribution in [3.05, 3.63) is 17.0 Å². The highest BCUT2D eigenvalue weighted by Crippen LogP contribution is 2.12. The van der Waals surface area contributed by atoms with Crippen molar-refractivity contribution in [2.24, 2.45) is 0 Å². The van der Waals surface area contributed by atoms with E-state index in [2.05, 4.69) is 5.10 Å². The van der Waals surface area contributed by atoms with E-state index in [1.807, 2.05) is 0 Å². The summed E-state index contributed by atoms with van der Waals surface area (Å²) in [7, 11) is 0. The Hall–Kier alpha value is -1.03. The van der Waals surface area contributed by atoms with E-state index in [0.717, 1.165) is 0 Å². The van der Waals surface area contributed by atoms with Gasteiger partial charge in [0.15, 0.2) is 0 Å². The maximum absolute atomic E-state index is 10.8. The molecule has 0 aliphatic rings. The lowest BCUT2D eigenvalue weighted by Gasteiger charge is -1.99. The van der Waals surface area contributed by atoms with Crippen molar-refractivity contribution in [3.63, 3.8) is 0 Å². The minimum Gasteiger partial charge on any atom is -0.478 e. The van der Waals surface area contributed by atoms with E-state index >= 15 is 0 Å². The molecule has 0 spiro atoms. The zero-order valence-corrected chi connectivity index (χ0v) is 8.30. The van der Waals surface area contributed by atoms with Gasteiger partial charge in [-0.15, -0.1) is 11.6 Å². The second kappa shape index (κ2) is 3.79. The summed E-state index contributed by atoms with van der Waals surface area (Å²) in [6.45, 7) is 3.96. The molecule has 72 valence electrons. The van der Waals surface area contributed by atoms with Gasteiger partial charge in [0.2, 0.25) is 0 Å². The standard InChI is InChI=1S/C8H11ClN2O2/c1-5-7(8(12)13)6(2)11(10-5)4-3-9/h3-4H2,1-2H3,(H,12,13). The molecule has 0 amide bonds. The summed E-state index contributed by atoms with van der Waals surface area (Å²) in [6, 6.07) is 0. The van der Waals surface area contributed by atoms with Crippen molar-refractivity contribution in [1.29, 1.82) is 0 Å². The number of nitrogens with zero attached hydrogens (tertiary/aromatic N) is 2. The fourth-order valence-corrected chi connectivity index (χ4v) is 1.46. The third-order valence-electron chi connectivity index (χ3n) is 1.89. The Labute approximate surface area is 81.1 Å². The minimum absolute atomic E-state index is 0.283. The molecule has 4 nitrogen and oxygen atoms in total. The summed E-state index contributed by atoms with van der Waals surface area (Å²) in [5.74, 6) is -0.503. The van der Waals surface area contributed by atoms with Crippen LogP contribution in [0, 0.1) is 13.8 Å². The summed E-state index contributed by atoms with van der Waals surface area (Å²) >= 11 is 5.54. The van der Waals surface area contributed by atoms with Crippen LogP contribution in [0.2, 0.25) is 0 Å². The molecule has 1 heterocycles. The van der Waals surface area contributed by atoms with Gasteiger partial charge < -0.3 is 5.11 Å². The van der Waals surface area contributed by atoms with Crippen molar-refractivity contribution < 1.29 is 9.90 Å². The first-order valence-electron chi connectivity index (χ1n) is 3.91. The number of hydrogen-bond donors (Lipinski definition) is 1. The van der Waals surface area contributed by atoms with E-state index in [-0.39, 0.29) is 5.56 Å². The van der Waals surface area contributed by atoms with Crippen molar-refractivity contribution >= 4 is 17.6 Å². The molecule has 5 heteroatoms. The van der Waals surface area contributed by atoms with Crippen LogP contribution < -0.4 is 0 Å². The lowest BCUT2D eigenvalue weighted by molar-refractivity contribution is 0.0695. The van der Waals surface area contributed by atoms with Gasteiger partial charge in [-0.1, -0.05) is 0 Å². The third-order valence-corrected chi connectivity index (χ3v) is 2.06. The molecular formula is C8H11ClN2O2. The first-order valence-corrected chi connectivity index (χ1v) is 4.44. The van der Waals surface area contributed by atoms with Crippen LogP contribution in [0.1, 0.15) is 21.7 Å². The lowest BCUT2D eigenvalue weighted by atomic mass is 10.2. The summed E-state index contributed by atoms with van der Waals surface area (Å²) in [6.07, 6.45) is 0. The molecule has 1 N–H and O–H groups in total. The van der Waals surface area contributed by atoms with E-state index in [1.165, 1.54) is 0 Å². The maximum Gasteiger partial charge on any atom is 0.339 e. The molecule has 0 aliphatic heterocycles. The molecule has 1 aromatic heterocycles. The Morgan fingerprint density at radius 2 is 2.23 bits per heavy atom. The van der Waals surface area contributed by atoms with Gasteiger partial charge >= 0.3 is 5.97 Å². The van der Waals surface area contributed by atoms with Crippen LogP contribution in [-0.2, 0) is 6.54 Å². The number of aromatic nitrogens is 2. The molecule has 0 aliphatic carbocycles. The zero-order chi connectivity index (χ0) is 10.0. The molecule has 0 saturated heterocycles. The van der Waals surface area contributed by atoms with E-state index < -0.39 is 5.97 Å². The first kappa shape index (κ1) is 10.1. The van der Waals surface area contributed by atoms with Crippen molar-refractivity contribution in [2.75, 3.05) is 5.88 Å². The predicted molar refractivity (Wildman–Crippen MR) is 49.4 cm³/mol. The maximum atomic E-state index is 10.8. The Morgan fingerprint density at radius 1 is 1.62 bits per heavy atom. The second-order valence-corrected chi connectivity index (χ2v) is 3.14. The number of carboxylic acid groups (broad SMARTS) is 1. The Balaban J connectivity index is 3.14. The Bertz CT molecular complexity index is 333. The number of carboxylic acids is 1. The van der Waals surface area contributed by atoms with Crippen LogP contribution >= 0.6 is 11.6 Å². The van der Waals surface area contributed by atoms with Gasteiger partial charge in [0, 0.05) is 5.88 Å². The van der Waals surface area contributed by atoms with E-state index in [9.17, 15) is 4.79 Å². The topological polar surface area (TPSA) is 55.1 Å². The first-order chi connectivity index (χ1) is 6.07. The molecule has 1 aromatic rings. The molecule has 0 atom stereocenters. The SMILES string of the molecule is Cc1nn(CCCl)c(C)c1C(=O)O. The molecule has 0 fully saturated rings. The van der Waals surface area contributed by atoms with Gasteiger partial charge in [-0.05, 0) is 13.8 Å². The number of rotatable bonds is 3. The van der Waals surface area contributed by atoms with Gasteiger partial charge in [-0.2, -0.15) is 5.10 Å². The largest absolute Gasteiger partial charge is 0.478 e. The molecule has 0 aromatic carbocycles. The van der Waals surface area contributed by atoms with Crippen molar-refractivity contribution in [3.8, 4) is 0 Å². The van der Waals surface area contributed by atoms with Gasteiger partial charge in [-0.3, -0.25) is 4.68 Å². The monoisotopic (exact) mass is 202 g/mol. The van der Waals surface area contributed by atoms with E-state index in [4.69, 9.17) is 16.7 Å². The zero-order valence-electron chi connectivity index (χ0n) is 7.54. The van der Waals surface area contributed by atoms with Crippen molar-refractivity contribution in [1.82, 2.24) is 9.78 Å². The van der Waals surface area contributed by atoms with E-state index in [1.54, 1.807) is 18.5 Å². The Morgan fingerprint density at radius 3 is 2.62 bits per heavy atom. The summed E-state index contributed by atoms with van der Waals surface area (Å²) in [5, 5.41) is 12.9. The van der Waals surface area contributed by atoms with E-state index in [0.29, 0.717) is 23.8 Å². The molecule has 0 radical (unpaired) electrons. The molecular weight excluding hydrogens is 192 g/mol. The smallest absolute Gasteiger partial charge is 0.339 e. The van der Waals surface area contributed by atoms with Gasteiger partial charge in [0.05, 0.1) is 17.9 Å². The molecule has 0 saturated carbocycles. The second-order valence-electron chi connectivity index (χ2n) is 2.76. The highest BCUT2D eigenvalue weighted by atomic mass is 35.5. The van der Waals surface area contributed by atoms with Crippen LogP contribution in [0.25, 0.3) is 0 Å². The number of alkyl halides is 1. The fraction of sp³-hybridized carbons (Fsp3) is 0.500. The number of aromatic carboxylic acids is 1. The summed E-state index contributed by atoms with van der Waals surface area (Å²) in [5.41, 5.74) is 1.48. The highest BCUT2D eigenvalue weighted by Gasteiger charge is 2.16. The van der Waals surface area contributed by atoms with Gasteiger partial charge in [0.25, 0.3) is 0 Å². The average molecular weight is 203 g/mol. The number of halogens is 1. The normalized spacial score (nSPS) is 10.4. The number of hydrogen-bond acceptors (Lipinski definition) is 2.